The van der Waals surface area contributed by atoms with Crippen LogP contribution in [0.1, 0.15) is 23.2 Å². The monoisotopic (exact) mass is 342 g/mol. The van der Waals surface area contributed by atoms with Gasteiger partial charge in [0.15, 0.2) is 0 Å². The number of anilines is 2. The summed E-state index contributed by atoms with van der Waals surface area (Å²) >= 11 is 0. The molecule has 5 nitrogen and oxygen atoms in total. The van der Waals surface area contributed by atoms with Gasteiger partial charge in [-0.15, -0.1) is 0 Å². The van der Waals surface area contributed by atoms with Gasteiger partial charge in [-0.05, 0) is 48.9 Å². The molecule has 0 aromatic heterocycles. The first kappa shape index (κ1) is 16.4. The van der Waals surface area contributed by atoms with Crippen LogP contribution in [0.3, 0.4) is 0 Å². The molecule has 24 heavy (non-hydrogen) atoms. The standard InChI is InChI=1S/C18H18N2O3S/c1-24(23)16-9-7-14(8-10-16)19-18(22)13-4-2-5-15(12-13)20-11-3-6-17(20)21/h2,4-5,7-10,12H,3,6,11H2,1H3,(H,19,22). The van der Waals surface area contributed by atoms with Crippen LogP contribution in [0.4, 0.5) is 11.4 Å². The van der Waals surface area contributed by atoms with Crippen LogP contribution >= 0.6 is 0 Å². The Morgan fingerprint density at radius 1 is 1.17 bits per heavy atom. The Morgan fingerprint density at radius 2 is 1.92 bits per heavy atom. The summed E-state index contributed by atoms with van der Waals surface area (Å²) in [5, 5.41) is 2.81. The van der Waals surface area contributed by atoms with Crippen LogP contribution in [0.15, 0.2) is 53.4 Å². The van der Waals surface area contributed by atoms with Crippen molar-refractivity contribution in [2.24, 2.45) is 0 Å². The molecule has 3 rings (SSSR count). The molecule has 2 aromatic rings. The molecule has 0 aliphatic carbocycles. The molecule has 1 heterocycles. The van der Waals surface area contributed by atoms with E-state index in [4.69, 9.17) is 0 Å². The Hall–Kier alpha value is -2.47. The highest BCUT2D eigenvalue weighted by Gasteiger charge is 2.22. The van der Waals surface area contributed by atoms with E-state index in [-0.39, 0.29) is 11.8 Å². The van der Waals surface area contributed by atoms with Crippen LogP contribution in [0, 0.1) is 0 Å². The number of carbonyl (C=O) groups excluding carboxylic acids is 2. The summed E-state index contributed by atoms with van der Waals surface area (Å²) in [7, 11) is -1.04. The Labute approximate surface area is 143 Å². The molecule has 0 radical (unpaired) electrons. The van der Waals surface area contributed by atoms with Gasteiger partial charge in [0, 0.05) is 51.9 Å². The van der Waals surface area contributed by atoms with Gasteiger partial charge in [0.25, 0.3) is 5.91 Å². The minimum Gasteiger partial charge on any atom is -0.322 e. The second-order valence-corrected chi connectivity index (χ2v) is 7.01. The van der Waals surface area contributed by atoms with E-state index in [0.717, 1.165) is 12.1 Å². The fraction of sp³-hybridized carbons (Fsp3) is 0.222. The highest BCUT2D eigenvalue weighted by Crippen LogP contribution is 2.23. The number of rotatable bonds is 4. The van der Waals surface area contributed by atoms with Crippen molar-refractivity contribution in [1.29, 1.82) is 0 Å². The fourth-order valence-corrected chi connectivity index (χ4v) is 3.19. The first-order valence-electron chi connectivity index (χ1n) is 7.70. The summed E-state index contributed by atoms with van der Waals surface area (Å²) in [5.41, 5.74) is 1.88. The van der Waals surface area contributed by atoms with E-state index in [0.29, 0.717) is 29.1 Å². The number of nitrogens with zero attached hydrogens (tertiary/aromatic N) is 1. The molecule has 124 valence electrons. The molecule has 2 aromatic carbocycles. The van der Waals surface area contributed by atoms with Gasteiger partial charge in [-0.25, -0.2) is 0 Å². The van der Waals surface area contributed by atoms with Crippen molar-refractivity contribution >= 4 is 34.0 Å². The van der Waals surface area contributed by atoms with E-state index < -0.39 is 10.8 Å². The molecule has 2 amide bonds. The van der Waals surface area contributed by atoms with Crippen LogP contribution in [-0.4, -0.2) is 28.8 Å². The lowest BCUT2D eigenvalue weighted by molar-refractivity contribution is -0.117. The SMILES string of the molecule is CS(=O)c1ccc(NC(=O)c2cccc(N3CCCC3=O)c2)cc1. The van der Waals surface area contributed by atoms with E-state index >= 15 is 0 Å². The van der Waals surface area contributed by atoms with Crippen molar-refractivity contribution in [1.82, 2.24) is 0 Å². The zero-order valence-corrected chi connectivity index (χ0v) is 14.1. The largest absolute Gasteiger partial charge is 0.322 e. The maximum absolute atomic E-state index is 12.4. The van der Waals surface area contributed by atoms with Gasteiger partial charge in [-0.3, -0.25) is 13.8 Å². The number of benzene rings is 2. The van der Waals surface area contributed by atoms with E-state index in [1.165, 1.54) is 0 Å². The Morgan fingerprint density at radius 3 is 2.54 bits per heavy atom. The molecule has 1 saturated heterocycles. The average Bonchev–Trinajstić information content (AvgIpc) is 3.01. The van der Waals surface area contributed by atoms with E-state index in [1.54, 1.807) is 53.6 Å². The molecule has 1 fully saturated rings. The van der Waals surface area contributed by atoms with Gasteiger partial charge in [-0.2, -0.15) is 0 Å². The second-order valence-electron chi connectivity index (χ2n) is 5.63. The summed E-state index contributed by atoms with van der Waals surface area (Å²) in [6.07, 6.45) is 3.01. The number of amides is 2. The molecule has 6 heteroatoms. The second kappa shape index (κ2) is 6.97. The first-order valence-corrected chi connectivity index (χ1v) is 9.26. The zero-order valence-electron chi connectivity index (χ0n) is 13.3. The van der Waals surface area contributed by atoms with Crippen LogP contribution in [-0.2, 0) is 15.6 Å². The Bertz CT molecular complexity index is 802. The summed E-state index contributed by atoms with van der Waals surface area (Å²) in [6, 6.07) is 14.0. The lowest BCUT2D eigenvalue weighted by Gasteiger charge is -2.16. The molecule has 1 unspecified atom stereocenters. The predicted octanol–water partition coefficient (Wildman–Crippen LogP) is 2.80. The van der Waals surface area contributed by atoms with Crippen molar-refractivity contribution in [2.45, 2.75) is 17.7 Å². The molecule has 0 spiro atoms. The number of carbonyl (C=O) groups is 2. The molecule has 1 aliphatic rings. The van der Waals surface area contributed by atoms with Crippen molar-refractivity contribution in [3.05, 3.63) is 54.1 Å². The number of nitrogens with one attached hydrogen (secondary N) is 1. The minimum atomic E-state index is -1.04. The van der Waals surface area contributed by atoms with Crippen LogP contribution < -0.4 is 10.2 Å². The van der Waals surface area contributed by atoms with Crippen LogP contribution in [0.2, 0.25) is 0 Å². The van der Waals surface area contributed by atoms with Crippen molar-refractivity contribution in [2.75, 3.05) is 23.0 Å². The molecule has 1 N–H and O–H groups in total. The fourth-order valence-electron chi connectivity index (χ4n) is 2.67. The number of hydrogen-bond acceptors (Lipinski definition) is 3. The number of hydrogen-bond donors (Lipinski definition) is 1. The van der Waals surface area contributed by atoms with Gasteiger partial charge in [0.2, 0.25) is 5.91 Å². The minimum absolute atomic E-state index is 0.0933. The van der Waals surface area contributed by atoms with Gasteiger partial charge in [0.05, 0.1) is 0 Å². The van der Waals surface area contributed by atoms with Crippen LogP contribution in [0.5, 0.6) is 0 Å². The average molecular weight is 342 g/mol. The van der Waals surface area contributed by atoms with Crippen LogP contribution in [0.25, 0.3) is 0 Å². The summed E-state index contributed by atoms with van der Waals surface area (Å²) in [4.78, 5) is 26.7. The van der Waals surface area contributed by atoms with E-state index in [9.17, 15) is 13.8 Å². The lowest BCUT2D eigenvalue weighted by Crippen LogP contribution is -2.24. The third-order valence-corrected chi connectivity index (χ3v) is 4.87. The molecule has 1 aliphatic heterocycles. The van der Waals surface area contributed by atoms with Crippen molar-refractivity contribution < 1.29 is 13.8 Å². The maximum Gasteiger partial charge on any atom is 0.255 e. The van der Waals surface area contributed by atoms with Gasteiger partial charge in [0.1, 0.15) is 0 Å². The Balaban J connectivity index is 1.75. The quantitative estimate of drug-likeness (QED) is 0.929. The predicted molar refractivity (Wildman–Crippen MR) is 94.8 cm³/mol. The van der Waals surface area contributed by atoms with E-state index in [1.807, 2.05) is 6.07 Å². The van der Waals surface area contributed by atoms with E-state index in [2.05, 4.69) is 5.32 Å². The van der Waals surface area contributed by atoms with Gasteiger partial charge in [-0.1, -0.05) is 6.07 Å². The summed E-state index contributed by atoms with van der Waals surface area (Å²) in [5.74, 6) is -0.149. The molecule has 0 bridgehead atoms. The molecular weight excluding hydrogens is 324 g/mol. The van der Waals surface area contributed by atoms with Crippen molar-refractivity contribution in [3.63, 3.8) is 0 Å². The maximum atomic E-state index is 12.4. The van der Waals surface area contributed by atoms with Gasteiger partial charge >= 0.3 is 0 Å². The molecule has 0 saturated carbocycles. The first-order chi connectivity index (χ1) is 11.5. The van der Waals surface area contributed by atoms with Crippen molar-refractivity contribution in [3.8, 4) is 0 Å². The van der Waals surface area contributed by atoms with Gasteiger partial charge < -0.3 is 10.2 Å². The molecule has 1 atom stereocenters. The zero-order chi connectivity index (χ0) is 17.1. The molecular formula is C18H18N2O3S. The third-order valence-electron chi connectivity index (χ3n) is 3.94. The summed E-state index contributed by atoms with van der Waals surface area (Å²) < 4.78 is 11.4. The normalized spacial score (nSPS) is 15.4. The topological polar surface area (TPSA) is 66.5 Å². The highest BCUT2D eigenvalue weighted by atomic mass is 32.2. The highest BCUT2D eigenvalue weighted by molar-refractivity contribution is 7.84. The lowest BCUT2D eigenvalue weighted by atomic mass is 10.1. The smallest absolute Gasteiger partial charge is 0.255 e. The summed E-state index contributed by atoms with van der Waals surface area (Å²) in [6.45, 7) is 0.694. The Kier molecular flexibility index (Phi) is 4.76. The third kappa shape index (κ3) is 3.54.